The lowest BCUT2D eigenvalue weighted by Gasteiger charge is -2.19. The fourth-order valence-corrected chi connectivity index (χ4v) is 2.12. The van der Waals surface area contributed by atoms with Gasteiger partial charge in [0.15, 0.2) is 0 Å². The minimum absolute atomic E-state index is 0.0229. The Morgan fingerprint density at radius 2 is 2.00 bits per heavy atom. The molecule has 7 heteroatoms. The highest BCUT2D eigenvalue weighted by atomic mass is 35.5. The molecule has 0 spiro atoms. The first kappa shape index (κ1) is 16.3. The van der Waals surface area contributed by atoms with Crippen LogP contribution in [0.15, 0.2) is 18.2 Å². The normalized spacial score (nSPS) is 11.5. The van der Waals surface area contributed by atoms with Gasteiger partial charge in [-0.2, -0.15) is 0 Å². The number of fused-ring (bicyclic) bond motifs is 1. The van der Waals surface area contributed by atoms with Crippen LogP contribution in [0.1, 0.15) is 38.1 Å². The standard InChI is InChI=1S/C15H17ClN2O4/c1-5-21-12(19)9-6-7-11-10(8-9)17-13(16)18(11)14(20)22-15(2,3)4/h6-8H,5H2,1-4H3. The highest BCUT2D eigenvalue weighted by Crippen LogP contribution is 2.23. The van der Waals surface area contributed by atoms with E-state index in [9.17, 15) is 9.59 Å². The summed E-state index contributed by atoms with van der Waals surface area (Å²) in [4.78, 5) is 28.0. The summed E-state index contributed by atoms with van der Waals surface area (Å²) in [5.41, 5.74) is 0.579. The van der Waals surface area contributed by atoms with Gasteiger partial charge in [-0.3, -0.25) is 0 Å². The van der Waals surface area contributed by atoms with Crippen LogP contribution in [0.5, 0.6) is 0 Å². The maximum Gasteiger partial charge on any atom is 0.421 e. The molecular weight excluding hydrogens is 308 g/mol. The lowest BCUT2D eigenvalue weighted by atomic mass is 10.2. The first-order valence-electron chi connectivity index (χ1n) is 6.81. The van der Waals surface area contributed by atoms with E-state index in [1.165, 1.54) is 6.07 Å². The number of esters is 1. The van der Waals surface area contributed by atoms with Crippen LogP contribution in [0, 0.1) is 0 Å². The first-order valence-corrected chi connectivity index (χ1v) is 7.19. The van der Waals surface area contributed by atoms with Crippen LogP contribution in [-0.4, -0.2) is 33.8 Å². The summed E-state index contributed by atoms with van der Waals surface area (Å²) < 4.78 is 11.4. The van der Waals surface area contributed by atoms with E-state index in [2.05, 4.69) is 4.98 Å². The maximum atomic E-state index is 12.2. The molecule has 118 valence electrons. The molecule has 22 heavy (non-hydrogen) atoms. The van der Waals surface area contributed by atoms with Crippen molar-refractivity contribution in [2.45, 2.75) is 33.3 Å². The van der Waals surface area contributed by atoms with Gasteiger partial charge in [-0.25, -0.2) is 19.1 Å². The lowest BCUT2D eigenvalue weighted by molar-refractivity contribution is 0.0522. The Morgan fingerprint density at radius 3 is 2.59 bits per heavy atom. The van der Waals surface area contributed by atoms with E-state index < -0.39 is 17.7 Å². The van der Waals surface area contributed by atoms with E-state index in [1.807, 2.05) is 0 Å². The summed E-state index contributed by atoms with van der Waals surface area (Å²) in [5.74, 6) is -0.452. The van der Waals surface area contributed by atoms with Gasteiger partial charge in [0.1, 0.15) is 5.60 Å². The number of rotatable bonds is 2. The highest BCUT2D eigenvalue weighted by molar-refractivity contribution is 6.30. The second-order valence-corrected chi connectivity index (χ2v) is 5.96. The summed E-state index contributed by atoms with van der Waals surface area (Å²) >= 11 is 6.02. The number of ether oxygens (including phenoxy) is 2. The van der Waals surface area contributed by atoms with Crippen molar-refractivity contribution in [1.29, 1.82) is 0 Å². The van der Waals surface area contributed by atoms with Gasteiger partial charge in [0.2, 0.25) is 5.28 Å². The number of carbonyl (C=O) groups is 2. The smallest absolute Gasteiger partial charge is 0.421 e. The molecule has 0 fully saturated rings. The lowest BCUT2D eigenvalue weighted by Crippen LogP contribution is -2.27. The fraction of sp³-hybridized carbons (Fsp3) is 0.400. The van der Waals surface area contributed by atoms with E-state index in [0.29, 0.717) is 16.6 Å². The van der Waals surface area contributed by atoms with E-state index in [-0.39, 0.29) is 11.9 Å². The van der Waals surface area contributed by atoms with Crippen molar-refractivity contribution in [3.63, 3.8) is 0 Å². The van der Waals surface area contributed by atoms with Gasteiger partial charge >= 0.3 is 12.1 Å². The van der Waals surface area contributed by atoms with Gasteiger partial charge in [-0.05, 0) is 57.5 Å². The fourth-order valence-electron chi connectivity index (χ4n) is 1.87. The highest BCUT2D eigenvalue weighted by Gasteiger charge is 2.23. The molecular formula is C15H17ClN2O4. The van der Waals surface area contributed by atoms with Crippen molar-refractivity contribution in [2.24, 2.45) is 0 Å². The maximum absolute atomic E-state index is 12.2. The van der Waals surface area contributed by atoms with Gasteiger partial charge < -0.3 is 9.47 Å². The topological polar surface area (TPSA) is 70.4 Å². The number of halogens is 1. The molecule has 0 bridgehead atoms. The van der Waals surface area contributed by atoms with E-state index in [4.69, 9.17) is 21.1 Å². The molecule has 1 aromatic heterocycles. The predicted molar refractivity (Wildman–Crippen MR) is 82.3 cm³/mol. The number of nitrogens with zero attached hydrogens (tertiary/aromatic N) is 2. The summed E-state index contributed by atoms with van der Waals surface area (Å²) in [6, 6.07) is 4.67. The van der Waals surface area contributed by atoms with Crippen molar-refractivity contribution in [3.8, 4) is 0 Å². The van der Waals surface area contributed by atoms with Crippen LogP contribution in [0.3, 0.4) is 0 Å². The molecule has 0 atom stereocenters. The molecule has 1 aromatic carbocycles. The van der Waals surface area contributed by atoms with Gasteiger partial charge in [0, 0.05) is 0 Å². The van der Waals surface area contributed by atoms with Crippen molar-refractivity contribution >= 4 is 34.7 Å². The van der Waals surface area contributed by atoms with Crippen LogP contribution < -0.4 is 0 Å². The Morgan fingerprint density at radius 1 is 1.32 bits per heavy atom. The third kappa shape index (κ3) is 3.39. The van der Waals surface area contributed by atoms with E-state index in [1.54, 1.807) is 39.8 Å². The number of aromatic nitrogens is 2. The van der Waals surface area contributed by atoms with Gasteiger partial charge in [-0.1, -0.05) is 0 Å². The molecule has 0 saturated heterocycles. The molecule has 1 heterocycles. The molecule has 0 aliphatic carbocycles. The van der Waals surface area contributed by atoms with Crippen LogP contribution in [0.2, 0.25) is 5.28 Å². The van der Waals surface area contributed by atoms with E-state index >= 15 is 0 Å². The SMILES string of the molecule is CCOC(=O)c1ccc2c(c1)nc(Cl)n2C(=O)OC(C)(C)C. The number of benzene rings is 1. The van der Waals surface area contributed by atoms with Crippen molar-refractivity contribution in [2.75, 3.05) is 6.61 Å². The largest absolute Gasteiger partial charge is 0.462 e. The monoisotopic (exact) mass is 324 g/mol. The predicted octanol–water partition coefficient (Wildman–Crippen LogP) is 3.65. The summed E-state index contributed by atoms with van der Waals surface area (Å²) in [7, 11) is 0. The molecule has 6 nitrogen and oxygen atoms in total. The van der Waals surface area contributed by atoms with Crippen LogP contribution in [-0.2, 0) is 9.47 Å². The molecule has 0 saturated carbocycles. The Kier molecular flexibility index (Phi) is 4.42. The number of carbonyl (C=O) groups excluding carboxylic acids is 2. The third-order valence-electron chi connectivity index (χ3n) is 2.70. The summed E-state index contributed by atoms with van der Waals surface area (Å²) in [6.45, 7) is 7.29. The quantitative estimate of drug-likeness (QED) is 0.788. The minimum Gasteiger partial charge on any atom is -0.462 e. The van der Waals surface area contributed by atoms with Gasteiger partial charge in [0.25, 0.3) is 0 Å². The van der Waals surface area contributed by atoms with Crippen molar-refractivity contribution in [1.82, 2.24) is 9.55 Å². The Hall–Kier alpha value is -2.08. The molecule has 0 amide bonds. The zero-order valence-electron chi connectivity index (χ0n) is 12.8. The number of hydrogen-bond acceptors (Lipinski definition) is 5. The second-order valence-electron chi connectivity index (χ2n) is 5.62. The van der Waals surface area contributed by atoms with Crippen LogP contribution in [0.25, 0.3) is 11.0 Å². The molecule has 2 aromatic rings. The average Bonchev–Trinajstić information content (AvgIpc) is 2.71. The third-order valence-corrected chi connectivity index (χ3v) is 2.95. The van der Waals surface area contributed by atoms with Crippen molar-refractivity contribution in [3.05, 3.63) is 29.0 Å². The zero-order valence-corrected chi connectivity index (χ0v) is 13.6. The summed E-state index contributed by atoms with van der Waals surface area (Å²) in [5, 5.41) is -0.0229. The molecule has 0 N–H and O–H groups in total. The average molecular weight is 325 g/mol. The molecule has 2 rings (SSSR count). The van der Waals surface area contributed by atoms with Crippen molar-refractivity contribution < 1.29 is 19.1 Å². The first-order chi connectivity index (χ1) is 10.2. The zero-order chi connectivity index (χ0) is 16.5. The summed E-state index contributed by atoms with van der Waals surface area (Å²) in [6.07, 6.45) is -0.621. The number of imidazole rings is 1. The van der Waals surface area contributed by atoms with E-state index in [0.717, 1.165) is 4.57 Å². The minimum atomic E-state index is -0.651. The second kappa shape index (κ2) is 5.96. The Balaban J connectivity index is 2.43. The molecule has 0 aliphatic rings. The molecule has 0 unspecified atom stereocenters. The van der Waals surface area contributed by atoms with Gasteiger partial charge in [-0.15, -0.1) is 0 Å². The molecule has 0 radical (unpaired) electrons. The van der Waals surface area contributed by atoms with Gasteiger partial charge in [0.05, 0.1) is 23.2 Å². The molecule has 0 aliphatic heterocycles. The van der Waals surface area contributed by atoms with Crippen LogP contribution in [0.4, 0.5) is 4.79 Å². The Labute approximate surface area is 133 Å². The van der Waals surface area contributed by atoms with Crippen LogP contribution >= 0.6 is 11.6 Å². The Bertz CT molecular complexity index is 731. The number of hydrogen-bond donors (Lipinski definition) is 0.